The van der Waals surface area contributed by atoms with Crippen molar-refractivity contribution in [1.82, 2.24) is 0 Å². The van der Waals surface area contributed by atoms with Crippen LogP contribution < -0.4 is 0 Å². The van der Waals surface area contributed by atoms with Crippen molar-refractivity contribution >= 4 is 11.6 Å². The van der Waals surface area contributed by atoms with E-state index in [0.29, 0.717) is 11.8 Å². The third kappa shape index (κ3) is 7.83. The number of alkyl halides is 2. The third-order valence-electron chi connectivity index (χ3n) is 5.23. The third-order valence-corrected chi connectivity index (χ3v) is 5.86. The first-order valence-corrected chi connectivity index (χ1v) is 9.12. The molecule has 0 aliphatic carbocycles. The van der Waals surface area contributed by atoms with E-state index >= 15 is 0 Å². The predicted octanol–water partition coefficient (Wildman–Crippen LogP) is 5.83. The SMILES string of the molecule is CCCCC(C)C(C)CCC(C)C(C)C(Cl)C(F)C(C)O. The highest BCUT2D eigenvalue weighted by Gasteiger charge is 2.31. The van der Waals surface area contributed by atoms with E-state index in [4.69, 9.17) is 11.6 Å². The van der Waals surface area contributed by atoms with E-state index in [-0.39, 0.29) is 5.92 Å². The van der Waals surface area contributed by atoms with E-state index in [9.17, 15) is 9.50 Å². The Bertz CT molecular complexity index is 260. The quantitative estimate of drug-likeness (QED) is 0.475. The van der Waals surface area contributed by atoms with Gasteiger partial charge in [-0.2, -0.15) is 0 Å². The smallest absolute Gasteiger partial charge is 0.142 e. The van der Waals surface area contributed by atoms with Crippen LogP contribution >= 0.6 is 11.6 Å². The van der Waals surface area contributed by atoms with Crippen molar-refractivity contribution in [2.75, 3.05) is 0 Å². The van der Waals surface area contributed by atoms with Crippen LogP contribution in [-0.4, -0.2) is 22.8 Å². The van der Waals surface area contributed by atoms with Crippen LogP contribution in [0.4, 0.5) is 4.39 Å². The van der Waals surface area contributed by atoms with Crippen molar-refractivity contribution in [2.45, 2.75) is 91.3 Å². The number of hydrogen-bond acceptors (Lipinski definition) is 1. The molecule has 0 aliphatic heterocycles. The molecule has 0 radical (unpaired) electrons. The lowest BCUT2D eigenvalue weighted by atomic mass is 9.81. The molecule has 1 nitrogen and oxygen atoms in total. The molecule has 0 saturated carbocycles. The molecule has 0 fully saturated rings. The van der Waals surface area contributed by atoms with Gasteiger partial charge in [-0.05, 0) is 30.6 Å². The molecule has 0 rings (SSSR count). The lowest BCUT2D eigenvalue weighted by molar-refractivity contribution is 0.0740. The van der Waals surface area contributed by atoms with E-state index in [1.807, 2.05) is 6.92 Å². The molecule has 21 heavy (non-hydrogen) atoms. The second-order valence-electron chi connectivity index (χ2n) is 7.14. The van der Waals surface area contributed by atoms with Gasteiger partial charge >= 0.3 is 0 Å². The highest BCUT2D eigenvalue weighted by Crippen LogP contribution is 2.31. The van der Waals surface area contributed by atoms with Crippen molar-refractivity contribution in [3.63, 3.8) is 0 Å². The van der Waals surface area contributed by atoms with Gasteiger partial charge in [-0.15, -0.1) is 11.6 Å². The van der Waals surface area contributed by atoms with Crippen molar-refractivity contribution in [3.8, 4) is 0 Å². The molecule has 3 heteroatoms. The van der Waals surface area contributed by atoms with Gasteiger partial charge in [0.2, 0.25) is 0 Å². The molecule has 0 aromatic heterocycles. The van der Waals surface area contributed by atoms with Gasteiger partial charge in [-0.25, -0.2) is 4.39 Å². The summed E-state index contributed by atoms with van der Waals surface area (Å²) in [7, 11) is 0. The average molecular weight is 323 g/mol. The van der Waals surface area contributed by atoms with Crippen molar-refractivity contribution in [1.29, 1.82) is 0 Å². The Morgan fingerprint density at radius 2 is 1.38 bits per heavy atom. The summed E-state index contributed by atoms with van der Waals surface area (Å²) < 4.78 is 13.8. The Balaban J connectivity index is 4.20. The van der Waals surface area contributed by atoms with Gasteiger partial charge in [0, 0.05) is 0 Å². The summed E-state index contributed by atoms with van der Waals surface area (Å²) >= 11 is 6.18. The summed E-state index contributed by atoms with van der Waals surface area (Å²) in [4.78, 5) is 0. The summed E-state index contributed by atoms with van der Waals surface area (Å²) in [5.41, 5.74) is 0. The van der Waals surface area contributed by atoms with Gasteiger partial charge in [0.05, 0.1) is 11.5 Å². The molecule has 7 atom stereocenters. The monoisotopic (exact) mass is 322 g/mol. The van der Waals surface area contributed by atoms with E-state index in [1.165, 1.54) is 32.6 Å². The maximum atomic E-state index is 13.8. The van der Waals surface area contributed by atoms with Crippen LogP contribution in [0.25, 0.3) is 0 Å². The molecule has 0 amide bonds. The predicted molar refractivity (Wildman–Crippen MR) is 91.6 cm³/mol. The second-order valence-corrected chi connectivity index (χ2v) is 7.64. The fourth-order valence-electron chi connectivity index (χ4n) is 2.75. The number of halogens is 2. The highest BCUT2D eigenvalue weighted by molar-refractivity contribution is 6.21. The standard InChI is InChI=1S/C18H36ClFO/c1-7-8-9-12(2)13(3)10-11-14(4)15(5)17(19)18(20)16(6)21/h12-18,21H,7-11H2,1-6H3. The topological polar surface area (TPSA) is 20.2 Å². The molecule has 0 aromatic carbocycles. The fraction of sp³-hybridized carbons (Fsp3) is 1.00. The van der Waals surface area contributed by atoms with E-state index in [0.717, 1.165) is 12.3 Å². The number of unbranched alkanes of at least 4 members (excludes halogenated alkanes) is 1. The van der Waals surface area contributed by atoms with Crippen LogP contribution in [0.1, 0.15) is 73.6 Å². The lowest BCUT2D eigenvalue weighted by Crippen LogP contribution is -2.35. The number of rotatable bonds is 11. The zero-order chi connectivity index (χ0) is 16.6. The number of aliphatic hydroxyl groups is 1. The molecule has 0 aromatic rings. The molecule has 7 unspecified atom stereocenters. The maximum absolute atomic E-state index is 13.8. The summed E-state index contributed by atoms with van der Waals surface area (Å²) in [6, 6.07) is 0. The van der Waals surface area contributed by atoms with Crippen molar-refractivity contribution in [3.05, 3.63) is 0 Å². The number of hydrogen-bond donors (Lipinski definition) is 1. The Kier molecular flexibility index (Phi) is 10.9. The first-order chi connectivity index (χ1) is 9.72. The molecular formula is C18H36ClFO. The van der Waals surface area contributed by atoms with Crippen molar-refractivity contribution < 1.29 is 9.50 Å². The van der Waals surface area contributed by atoms with E-state index < -0.39 is 17.7 Å². The number of aliphatic hydroxyl groups excluding tert-OH is 1. The maximum Gasteiger partial charge on any atom is 0.142 e. The van der Waals surface area contributed by atoms with Crippen LogP contribution in [-0.2, 0) is 0 Å². The Morgan fingerprint density at radius 3 is 1.86 bits per heavy atom. The second kappa shape index (κ2) is 10.8. The fourth-order valence-corrected chi connectivity index (χ4v) is 3.21. The Labute approximate surface area is 136 Å². The zero-order valence-electron chi connectivity index (χ0n) is 14.8. The largest absolute Gasteiger partial charge is 0.390 e. The summed E-state index contributed by atoms with van der Waals surface area (Å²) in [6.07, 6.45) is 3.78. The van der Waals surface area contributed by atoms with Gasteiger partial charge < -0.3 is 5.11 Å². The minimum Gasteiger partial charge on any atom is -0.390 e. The van der Waals surface area contributed by atoms with Crippen LogP contribution in [0.2, 0.25) is 0 Å². The molecule has 0 heterocycles. The van der Waals surface area contributed by atoms with Gasteiger partial charge in [-0.1, -0.05) is 66.7 Å². The summed E-state index contributed by atoms with van der Waals surface area (Å²) in [5, 5.41) is 8.73. The van der Waals surface area contributed by atoms with Gasteiger partial charge in [0.1, 0.15) is 6.17 Å². The normalized spacial score (nSPS) is 22.1. The van der Waals surface area contributed by atoms with E-state index in [2.05, 4.69) is 27.7 Å². The van der Waals surface area contributed by atoms with Gasteiger partial charge in [-0.3, -0.25) is 0 Å². The first kappa shape index (κ1) is 21.2. The Morgan fingerprint density at radius 1 is 0.905 bits per heavy atom. The van der Waals surface area contributed by atoms with Gasteiger partial charge in [0.15, 0.2) is 0 Å². The Hall–Kier alpha value is 0.180. The molecule has 0 aliphatic rings. The average Bonchev–Trinajstić information content (AvgIpc) is 2.46. The molecular weight excluding hydrogens is 287 g/mol. The molecule has 0 saturated heterocycles. The van der Waals surface area contributed by atoms with Crippen LogP contribution in [0, 0.1) is 23.7 Å². The van der Waals surface area contributed by atoms with E-state index in [1.54, 1.807) is 0 Å². The van der Waals surface area contributed by atoms with Crippen molar-refractivity contribution in [2.24, 2.45) is 23.7 Å². The molecule has 0 spiro atoms. The molecule has 1 N–H and O–H groups in total. The summed E-state index contributed by atoms with van der Waals surface area (Å²) in [5.74, 6) is 1.92. The lowest BCUT2D eigenvalue weighted by Gasteiger charge is -2.29. The first-order valence-electron chi connectivity index (χ1n) is 8.68. The van der Waals surface area contributed by atoms with Crippen LogP contribution in [0.3, 0.4) is 0 Å². The van der Waals surface area contributed by atoms with Crippen LogP contribution in [0.15, 0.2) is 0 Å². The van der Waals surface area contributed by atoms with Crippen LogP contribution in [0.5, 0.6) is 0 Å². The molecule has 0 bridgehead atoms. The zero-order valence-corrected chi connectivity index (χ0v) is 15.5. The van der Waals surface area contributed by atoms with Gasteiger partial charge in [0.25, 0.3) is 0 Å². The summed E-state index contributed by atoms with van der Waals surface area (Å²) in [6.45, 7) is 12.5. The minimum absolute atomic E-state index is 0.0782. The molecule has 128 valence electrons. The minimum atomic E-state index is -1.34. The highest BCUT2D eigenvalue weighted by atomic mass is 35.5.